The van der Waals surface area contributed by atoms with Crippen molar-refractivity contribution in [2.24, 2.45) is 0 Å². The summed E-state index contributed by atoms with van der Waals surface area (Å²) in [5, 5.41) is 0. The van der Waals surface area contributed by atoms with Crippen LogP contribution in [0.1, 0.15) is 15.9 Å². The van der Waals surface area contributed by atoms with Crippen LogP contribution in [0.15, 0.2) is 48.5 Å². The van der Waals surface area contributed by atoms with Crippen LogP contribution in [0.3, 0.4) is 0 Å². The van der Waals surface area contributed by atoms with Gasteiger partial charge in [-0.05, 0) is 0 Å². The van der Waals surface area contributed by atoms with E-state index in [2.05, 4.69) is 0 Å². The van der Waals surface area contributed by atoms with Crippen molar-refractivity contribution in [3.8, 4) is 11.5 Å². The number of halogens is 1. The standard InChI is InChI=1S/C17H16IO3/c1-20-17(19)16-8-7-15(10-12(16)9-13-11-18-13)21-14-5-3-2-4-6-14/h2-8,10,13H,9,11H2,1H3/q-1. The van der Waals surface area contributed by atoms with Gasteiger partial charge in [-0.15, -0.1) is 0 Å². The van der Waals surface area contributed by atoms with Crippen LogP contribution in [0.4, 0.5) is 0 Å². The summed E-state index contributed by atoms with van der Waals surface area (Å²) in [6, 6.07) is 15.3. The summed E-state index contributed by atoms with van der Waals surface area (Å²) in [6.07, 6.45) is 0.962. The molecule has 0 bridgehead atoms. The third-order valence-electron chi connectivity index (χ3n) is 3.27. The fraction of sp³-hybridized carbons (Fsp3) is 0.235. The molecule has 0 aliphatic carbocycles. The monoisotopic (exact) mass is 395 g/mol. The van der Waals surface area contributed by atoms with E-state index in [0.29, 0.717) is 26.8 Å². The van der Waals surface area contributed by atoms with Crippen molar-refractivity contribution in [1.82, 2.24) is 0 Å². The van der Waals surface area contributed by atoms with Gasteiger partial charge in [-0.2, -0.15) is 0 Å². The number of benzene rings is 2. The molecule has 2 aromatic carbocycles. The molecule has 1 heterocycles. The molecule has 3 nitrogen and oxygen atoms in total. The number of hydrogen-bond acceptors (Lipinski definition) is 3. The zero-order valence-electron chi connectivity index (χ0n) is 11.7. The van der Waals surface area contributed by atoms with E-state index in [1.165, 1.54) is 11.5 Å². The summed E-state index contributed by atoms with van der Waals surface area (Å²) in [5.41, 5.74) is 1.70. The average molecular weight is 395 g/mol. The Morgan fingerprint density at radius 1 is 1.19 bits per heavy atom. The van der Waals surface area contributed by atoms with Gasteiger partial charge in [0.15, 0.2) is 0 Å². The molecule has 0 amide bonds. The predicted molar refractivity (Wildman–Crippen MR) is 76.7 cm³/mol. The Morgan fingerprint density at radius 3 is 2.62 bits per heavy atom. The van der Waals surface area contributed by atoms with Gasteiger partial charge >= 0.3 is 134 Å². The molecule has 3 rings (SSSR count). The SMILES string of the molecule is COC(=O)c1ccc(Oc2ccccc2)cc1CC1C[I-]1. The maximum absolute atomic E-state index is 11.9. The molecule has 1 aliphatic rings. The van der Waals surface area contributed by atoms with Crippen LogP contribution in [0.25, 0.3) is 0 Å². The van der Waals surface area contributed by atoms with Gasteiger partial charge in [-0.25, -0.2) is 0 Å². The molecule has 1 aliphatic heterocycles. The van der Waals surface area contributed by atoms with Crippen LogP contribution in [-0.4, -0.2) is 21.4 Å². The van der Waals surface area contributed by atoms with Crippen molar-refractivity contribution in [2.75, 3.05) is 11.5 Å². The molecule has 1 fully saturated rings. The topological polar surface area (TPSA) is 35.5 Å². The fourth-order valence-electron chi connectivity index (χ4n) is 2.15. The van der Waals surface area contributed by atoms with Gasteiger partial charge in [-0.1, -0.05) is 0 Å². The molecule has 0 spiro atoms. The number of methoxy groups -OCH3 is 1. The van der Waals surface area contributed by atoms with E-state index in [0.717, 1.165) is 27.4 Å². The zero-order valence-corrected chi connectivity index (χ0v) is 13.9. The van der Waals surface area contributed by atoms with Crippen molar-refractivity contribution in [3.63, 3.8) is 0 Å². The molecule has 0 aromatic heterocycles. The Labute approximate surface area is 134 Å². The second kappa shape index (κ2) is 6.47. The quantitative estimate of drug-likeness (QED) is 0.415. The molecular weight excluding hydrogens is 379 g/mol. The Morgan fingerprint density at radius 2 is 1.95 bits per heavy atom. The Kier molecular flexibility index (Phi) is 4.43. The summed E-state index contributed by atoms with van der Waals surface area (Å²) in [4.78, 5) is 11.9. The summed E-state index contributed by atoms with van der Waals surface area (Å²) in [5.74, 6) is 1.30. The number of carbonyl (C=O) groups excluding carboxylic acids is 1. The van der Waals surface area contributed by atoms with Crippen molar-refractivity contribution in [1.29, 1.82) is 0 Å². The predicted octanol–water partition coefficient (Wildman–Crippen LogP) is 0.279. The second-order valence-corrected chi connectivity index (χ2v) is 8.36. The van der Waals surface area contributed by atoms with Crippen LogP contribution in [0.2, 0.25) is 0 Å². The van der Waals surface area contributed by atoms with E-state index < -0.39 is 0 Å². The molecule has 110 valence electrons. The van der Waals surface area contributed by atoms with Gasteiger partial charge in [0, 0.05) is 0 Å². The average Bonchev–Trinajstić information content (AvgIpc) is 3.32. The van der Waals surface area contributed by atoms with E-state index in [1.54, 1.807) is 6.07 Å². The first-order chi connectivity index (χ1) is 10.3. The van der Waals surface area contributed by atoms with E-state index in [9.17, 15) is 4.79 Å². The molecule has 1 unspecified atom stereocenters. The van der Waals surface area contributed by atoms with Crippen molar-refractivity contribution >= 4 is 5.97 Å². The molecule has 4 heteroatoms. The van der Waals surface area contributed by atoms with Gasteiger partial charge in [0.25, 0.3) is 0 Å². The minimum absolute atomic E-state index is 0.268. The molecule has 0 saturated carbocycles. The number of alkyl halides is 2. The fourth-order valence-corrected chi connectivity index (χ4v) is 3.60. The molecule has 0 radical (unpaired) electrons. The summed E-state index contributed by atoms with van der Waals surface area (Å²) >= 11 is 0.359. The number of rotatable bonds is 5. The number of esters is 1. The molecule has 1 saturated heterocycles. The van der Waals surface area contributed by atoms with Gasteiger partial charge in [-0.3, -0.25) is 0 Å². The number of para-hydroxylation sites is 1. The molecule has 2 aromatic rings. The summed E-state index contributed by atoms with van der Waals surface area (Å²) < 4.78 is 12.9. The third-order valence-corrected chi connectivity index (χ3v) is 5.84. The Bertz CT molecular complexity index is 636. The molecule has 1 atom stereocenters. The Hall–Kier alpha value is -1.56. The van der Waals surface area contributed by atoms with Crippen molar-refractivity contribution in [2.45, 2.75) is 10.3 Å². The second-order valence-electron chi connectivity index (χ2n) is 4.84. The van der Waals surface area contributed by atoms with Gasteiger partial charge in [0.2, 0.25) is 0 Å². The maximum atomic E-state index is 11.9. The van der Waals surface area contributed by atoms with Gasteiger partial charge in [0.1, 0.15) is 0 Å². The van der Waals surface area contributed by atoms with E-state index in [1.807, 2.05) is 42.5 Å². The van der Waals surface area contributed by atoms with Gasteiger partial charge in [0.05, 0.1) is 0 Å². The first-order valence-electron chi connectivity index (χ1n) is 6.78. The molecule has 21 heavy (non-hydrogen) atoms. The summed E-state index contributed by atoms with van der Waals surface area (Å²) in [6.45, 7) is 0. The van der Waals surface area contributed by atoms with Crippen molar-refractivity contribution < 1.29 is 35.5 Å². The van der Waals surface area contributed by atoms with E-state index in [-0.39, 0.29) is 5.97 Å². The van der Waals surface area contributed by atoms with E-state index in [4.69, 9.17) is 9.47 Å². The summed E-state index contributed by atoms with van der Waals surface area (Å²) in [7, 11) is 1.42. The van der Waals surface area contributed by atoms with E-state index >= 15 is 0 Å². The first-order valence-corrected chi connectivity index (χ1v) is 9.55. The Balaban J connectivity index is 1.86. The van der Waals surface area contributed by atoms with Crippen LogP contribution in [0, 0.1) is 0 Å². The van der Waals surface area contributed by atoms with Crippen LogP contribution >= 0.6 is 0 Å². The van der Waals surface area contributed by atoms with Crippen LogP contribution in [0.5, 0.6) is 11.5 Å². The first kappa shape index (κ1) is 14.4. The number of hydrogen-bond donors (Lipinski definition) is 0. The zero-order chi connectivity index (χ0) is 14.7. The van der Waals surface area contributed by atoms with Crippen molar-refractivity contribution in [3.05, 3.63) is 59.7 Å². The number of ether oxygens (including phenoxy) is 2. The normalized spacial score (nSPS) is 16.7. The minimum atomic E-state index is -0.268. The van der Waals surface area contributed by atoms with Gasteiger partial charge < -0.3 is 0 Å². The van der Waals surface area contributed by atoms with Crippen LogP contribution < -0.4 is 25.9 Å². The van der Waals surface area contributed by atoms with Crippen LogP contribution in [-0.2, 0) is 11.2 Å². The number of carbonyl (C=O) groups is 1. The molecule has 0 N–H and O–H groups in total. The third kappa shape index (κ3) is 3.75. The molecular formula is C17H16IO3-.